The van der Waals surface area contributed by atoms with Gasteiger partial charge in [0.25, 0.3) is 0 Å². The molecule has 20 heavy (non-hydrogen) atoms. The molecule has 2 nitrogen and oxygen atoms in total. The average Bonchev–Trinajstić information content (AvgIpc) is 2.46. The van der Waals surface area contributed by atoms with Crippen LogP contribution in [0, 0.1) is 17.1 Å². The molecule has 2 aromatic rings. The predicted octanol–water partition coefficient (Wildman–Crippen LogP) is 4.55. The second kappa shape index (κ2) is 6.23. The van der Waals surface area contributed by atoms with Crippen LogP contribution in [0.25, 0.3) is 11.6 Å². The van der Waals surface area contributed by atoms with Gasteiger partial charge in [0.2, 0.25) is 0 Å². The molecule has 0 saturated carbocycles. The third-order valence-corrected chi connectivity index (χ3v) is 3.09. The monoisotopic (exact) mass is 287 g/mol. The van der Waals surface area contributed by atoms with E-state index in [1.165, 1.54) is 12.1 Å². The SMILES string of the molecule is COc1ccc(C=C(C#N)c2c(F)cccc2Cl)cc1. The first-order valence-corrected chi connectivity index (χ1v) is 6.23. The maximum absolute atomic E-state index is 13.8. The molecule has 0 aromatic heterocycles. The van der Waals surface area contributed by atoms with Crippen molar-refractivity contribution < 1.29 is 9.13 Å². The van der Waals surface area contributed by atoms with Gasteiger partial charge in [-0.3, -0.25) is 0 Å². The second-order valence-electron chi connectivity index (χ2n) is 4.04. The fourth-order valence-corrected chi connectivity index (χ4v) is 2.05. The summed E-state index contributed by atoms with van der Waals surface area (Å²) >= 11 is 5.96. The first-order chi connectivity index (χ1) is 9.65. The molecule has 2 rings (SSSR count). The van der Waals surface area contributed by atoms with Crippen molar-refractivity contribution in [2.45, 2.75) is 0 Å². The van der Waals surface area contributed by atoms with E-state index in [0.717, 1.165) is 5.56 Å². The van der Waals surface area contributed by atoms with E-state index >= 15 is 0 Å². The van der Waals surface area contributed by atoms with Crippen LogP contribution in [0.1, 0.15) is 11.1 Å². The summed E-state index contributed by atoms with van der Waals surface area (Å²) in [7, 11) is 1.57. The Hall–Kier alpha value is -2.31. The molecule has 0 fully saturated rings. The molecule has 0 saturated heterocycles. The van der Waals surface area contributed by atoms with Gasteiger partial charge in [-0.2, -0.15) is 5.26 Å². The molecule has 0 atom stereocenters. The van der Waals surface area contributed by atoms with E-state index in [0.29, 0.717) is 5.75 Å². The van der Waals surface area contributed by atoms with E-state index < -0.39 is 5.82 Å². The number of nitriles is 1. The van der Waals surface area contributed by atoms with Crippen LogP contribution in [0.5, 0.6) is 5.75 Å². The van der Waals surface area contributed by atoms with Crippen molar-refractivity contribution >= 4 is 23.3 Å². The second-order valence-corrected chi connectivity index (χ2v) is 4.45. The fourth-order valence-electron chi connectivity index (χ4n) is 1.78. The highest BCUT2D eigenvalue weighted by molar-refractivity contribution is 6.32. The first-order valence-electron chi connectivity index (χ1n) is 5.86. The minimum atomic E-state index is -0.515. The summed E-state index contributed by atoms with van der Waals surface area (Å²) in [6.45, 7) is 0. The summed E-state index contributed by atoms with van der Waals surface area (Å²) in [4.78, 5) is 0. The molecule has 100 valence electrons. The van der Waals surface area contributed by atoms with Crippen molar-refractivity contribution in [1.29, 1.82) is 5.26 Å². The van der Waals surface area contributed by atoms with Crippen molar-refractivity contribution in [3.05, 3.63) is 64.4 Å². The van der Waals surface area contributed by atoms with E-state index in [4.69, 9.17) is 16.3 Å². The normalized spacial score (nSPS) is 11.0. The quantitative estimate of drug-likeness (QED) is 0.613. The molecule has 0 bridgehead atoms. The molecule has 0 aliphatic rings. The highest BCUT2D eigenvalue weighted by Gasteiger charge is 2.11. The number of ether oxygens (including phenoxy) is 1. The Balaban J connectivity index is 2.46. The average molecular weight is 288 g/mol. The summed E-state index contributed by atoms with van der Waals surface area (Å²) in [6.07, 6.45) is 1.59. The Bertz CT molecular complexity index is 666. The van der Waals surface area contributed by atoms with Crippen LogP contribution in [0.15, 0.2) is 42.5 Å². The lowest BCUT2D eigenvalue weighted by molar-refractivity contribution is 0.415. The van der Waals surface area contributed by atoms with E-state index in [-0.39, 0.29) is 16.2 Å². The summed E-state index contributed by atoms with van der Waals surface area (Å²) in [6, 6.07) is 13.4. The summed E-state index contributed by atoms with van der Waals surface area (Å²) < 4.78 is 18.9. The van der Waals surface area contributed by atoms with Crippen molar-refractivity contribution in [3.63, 3.8) is 0 Å². The molecule has 0 heterocycles. The van der Waals surface area contributed by atoms with E-state index in [9.17, 15) is 9.65 Å². The number of hydrogen-bond donors (Lipinski definition) is 0. The topological polar surface area (TPSA) is 33.0 Å². The third-order valence-electron chi connectivity index (χ3n) is 2.78. The molecule has 0 spiro atoms. The molecule has 0 radical (unpaired) electrons. The summed E-state index contributed by atoms with van der Waals surface area (Å²) in [5.41, 5.74) is 1.06. The molecule has 2 aromatic carbocycles. The van der Waals surface area contributed by atoms with Gasteiger partial charge in [0.15, 0.2) is 0 Å². The maximum Gasteiger partial charge on any atom is 0.133 e. The Morgan fingerprint density at radius 1 is 1.25 bits per heavy atom. The molecule has 0 aliphatic heterocycles. The number of allylic oxidation sites excluding steroid dienone is 1. The van der Waals surface area contributed by atoms with Crippen LogP contribution < -0.4 is 4.74 Å². The van der Waals surface area contributed by atoms with Crippen molar-refractivity contribution in [3.8, 4) is 11.8 Å². The lowest BCUT2D eigenvalue weighted by Crippen LogP contribution is -1.90. The molecule has 0 amide bonds. The van der Waals surface area contributed by atoms with E-state index in [1.54, 1.807) is 43.5 Å². The highest BCUT2D eigenvalue weighted by atomic mass is 35.5. The minimum absolute atomic E-state index is 0.118. The number of benzene rings is 2. The Morgan fingerprint density at radius 3 is 2.50 bits per heavy atom. The largest absolute Gasteiger partial charge is 0.497 e. The van der Waals surface area contributed by atoms with Gasteiger partial charge in [0.05, 0.1) is 23.8 Å². The molecular weight excluding hydrogens is 277 g/mol. The Morgan fingerprint density at radius 2 is 1.95 bits per heavy atom. The number of rotatable bonds is 3. The zero-order valence-electron chi connectivity index (χ0n) is 10.7. The maximum atomic E-state index is 13.8. The van der Waals surface area contributed by atoms with Crippen molar-refractivity contribution in [1.82, 2.24) is 0 Å². The van der Waals surface area contributed by atoms with E-state index in [1.807, 2.05) is 6.07 Å². The Kier molecular flexibility index (Phi) is 4.39. The minimum Gasteiger partial charge on any atom is -0.497 e. The third kappa shape index (κ3) is 2.98. The van der Waals surface area contributed by atoms with Crippen LogP contribution in [-0.4, -0.2) is 7.11 Å². The van der Waals surface area contributed by atoms with Crippen LogP contribution >= 0.6 is 11.6 Å². The zero-order chi connectivity index (χ0) is 14.5. The van der Waals surface area contributed by atoms with Gasteiger partial charge >= 0.3 is 0 Å². The van der Waals surface area contributed by atoms with E-state index in [2.05, 4.69) is 0 Å². The number of hydrogen-bond acceptors (Lipinski definition) is 2. The predicted molar refractivity (Wildman–Crippen MR) is 77.9 cm³/mol. The number of methoxy groups -OCH3 is 1. The Labute approximate surface area is 121 Å². The van der Waals surface area contributed by atoms with Gasteiger partial charge in [-0.25, -0.2) is 4.39 Å². The van der Waals surface area contributed by atoms with Crippen LogP contribution in [0.3, 0.4) is 0 Å². The van der Waals surface area contributed by atoms with Gasteiger partial charge in [0.1, 0.15) is 11.6 Å². The number of halogens is 2. The molecule has 4 heteroatoms. The molecule has 0 unspecified atom stereocenters. The molecule has 0 N–H and O–H groups in total. The van der Waals surface area contributed by atoms with Gasteiger partial charge in [-0.1, -0.05) is 29.8 Å². The highest BCUT2D eigenvalue weighted by Crippen LogP contribution is 2.28. The van der Waals surface area contributed by atoms with Crippen LogP contribution in [-0.2, 0) is 0 Å². The van der Waals surface area contributed by atoms with Gasteiger partial charge in [-0.15, -0.1) is 0 Å². The van der Waals surface area contributed by atoms with Crippen LogP contribution in [0.4, 0.5) is 4.39 Å². The lowest BCUT2D eigenvalue weighted by Gasteiger charge is -2.05. The van der Waals surface area contributed by atoms with Gasteiger partial charge in [-0.05, 0) is 35.9 Å². The molecular formula is C16H11ClFNO. The van der Waals surface area contributed by atoms with Crippen molar-refractivity contribution in [2.75, 3.05) is 7.11 Å². The summed E-state index contributed by atoms with van der Waals surface area (Å²) in [5, 5.41) is 9.44. The van der Waals surface area contributed by atoms with Crippen LogP contribution in [0.2, 0.25) is 5.02 Å². The standard InChI is InChI=1S/C16H11ClFNO/c1-20-13-7-5-11(6-8-13)9-12(10-19)16-14(17)3-2-4-15(16)18/h2-9H,1H3. The zero-order valence-corrected chi connectivity index (χ0v) is 11.5. The smallest absolute Gasteiger partial charge is 0.133 e. The fraction of sp³-hybridized carbons (Fsp3) is 0.0625. The lowest BCUT2D eigenvalue weighted by atomic mass is 10.0. The molecule has 0 aliphatic carbocycles. The van der Waals surface area contributed by atoms with Gasteiger partial charge < -0.3 is 4.74 Å². The van der Waals surface area contributed by atoms with Crippen molar-refractivity contribution in [2.24, 2.45) is 0 Å². The number of nitrogens with zero attached hydrogens (tertiary/aromatic N) is 1. The summed E-state index contributed by atoms with van der Waals surface area (Å²) in [5.74, 6) is 0.198. The first kappa shape index (κ1) is 14.1. The van der Waals surface area contributed by atoms with Gasteiger partial charge in [0, 0.05) is 5.56 Å².